The standard InChI is InChI=1S/C79H144O17P2/c1-5-9-13-17-21-25-29-33-36-40-44-48-52-56-60-64-77(82)90-70-75(96-79(84)66-62-58-54-50-46-42-38-35-31-27-23-19-15-11-7-3)72-94-98(87,88)92-68-73(80)67-91-97(85,86)93-71-74(69-89-76(81)63-59-55-51-47-43-39-32-28-24-20-16-12-8-4)95-78(83)65-61-57-53-49-45-41-37-34-30-26-22-18-14-10-6-2/h21,25,28,32-38,73-75,80H,5-20,22-24,26-27,29-31,39-72H2,1-4H3,(H,85,86)(H,87,88)/b25-21-,32-28-,36-33-,37-34-,38-35-/t73-,74+,75+/m0/s1. The number of phosphoric ester groups is 2. The average Bonchev–Trinajstić information content (AvgIpc) is 1.04. The summed E-state index contributed by atoms with van der Waals surface area (Å²) in [7, 11) is -9.95. The van der Waals surface area contributed by atoms with Gasteiger partial charge < -0.3 is 33.8 Å². The molecule has 0 amide bonds. The van der Waals surface area contributed by atoms with Crippen LogP contribution >= 0.6 is 15.6 Å². The van der Waals surface area contributed by atoms with Crippen LogP contribution in [0, 0.1) is 0 Å². The highest BCUT2D eigenvalue weighted by atomic mass is 31.2. The Bertz CT molecular complexity index is 2100. The van der Waals surface area contributed by atoms with Crippen molar-refractivity contribution in [1.82, 2.24) is 0 Å². The molecule has 0 aromatic rings. The van der Waals surface area contributed by atoms with Crippen LogP contribution in [0.2, 0.25) is 0 Å². The fraction of sp³-hybridized carbons (Fsp3) is 0.823. The van der Waals surface area contributed by atoms with Crippen LogP contribution in [0.4, 0.5) is 0 Å². The van der Waals surface area contributed by atoms with Crippen molar-refractivity contribution in [2.75, 3.05) is 39.6 Å². The monoisotopic (exact) mass is 1430 g/mol. The van der Waals surface area contributed by atoms with Gasteiger partial charge in [0.15, 0.2) is 12.2 Å². The number of phosphoric acid groups is 2. The van der Waals surface area contributed by atoms with Gasteiger partial charge in [0.2, 0.25) is 0 Å². The normalized spacial score (nSPS) is 14.2. The summed E-state index contributed by atoms with van der Waals surface area (Å²) in [5.41, 5.74) is 0. The summed E-state index contributed by atoms with van der Waals surface area (Å²) in [5, 5.41) is 10.6. The Balaban J connectivity index is 5.35. The Kier molecular flexibility index (Phi) is 69.7. The van der Waals surface area contributed by atoms with Crippen molar-refractivity contribution >= 4 is 39.5 Å². The number of ether oxygens (including phenoxy) is 4. The predicted molar refractivity (Wildman–Crippen MR) is 400 cm³/mol. The number of hydrogen-bond donors (Lipinski definition) is 3. The molecule has 0 rings (SSSR count). The number of aliphatic hydroxyl groups excluding tert-OH is 1. The lowest BCUT2D eigenvalue weighted by Crippen LogP contribution is -2.30. The summed E-state index contributed by atoms with van der Waals surface area (Å²) >= 11 is 0. The highest BCUT2D eigenvalue weighted by Crippen LogP contribution is 2.45. The number of rotatable bonds is 75. The summed E-state index contributed by atoms with van der Waals surface area (Å²) in [6.07, 6.45) is 70.5. The molecule has 0 bridgehead atoms. The van der Waals surface area contributed by atoms with Crippen molar-refractivity contribution in [1.29, 1.82) is 0 Å². The van der Waals surface area contributed by atoms with Gasteiger partial charge in [-0.3, -0.25) is 37.3 Å². The summed E-state index contributed by atoms with van der Waals surface area (Å²) in [6, 6.07) is 0. The lowest BCUT2D eigenvalue weighted by Gasteiger charge is -2.21. The Hall–Kier alpha value is -3.24. The van der Waals surface area contributed by atoms with Crippen LogP contribution in [0.3, 0.4) is 0 Å². The van der Waals surface area contributed by atoms with E-state index in [0.717, 1.165) is 161 Å². The number of carbonyl (C=O) groups is 4. The Morgan fingerprint density at radius 1 is 0.286 bits per heavy atom. The number of unbranched alkanes of at least 4 members (excludes halogenated alkanes) is 39. The van der Waals surface area contributed by atoms with Crippen molar-refractivity contribution in [3.05, 3.63) is 60.8 Å². The van der Waals surface area contributed by atoms with E-state index >= 15 is 0 Å². The van der Waals surface area contributed by atoms with Gasteiger partial charge in [0.1, 0.15) is 19.3 Å². The van der Waals surface area contributed by atoms with Crippen molar-refractivity contribution in [3.8, 4) is 0 Å². The van der Waals surface area contributed by atoms with Crippen molar-refractivity contribution in [3.63, 3.8) is 0 Å². The molecule has 0 aliphatic carbocycles. The average molecular weight is 1430 g/mol. The molecule has 0 heterocycles. The molecule has 572 valence electrons. The van der Waals surface area contributed by atoms with E-state index < -0.39 is 97.5 Å². The summed E-state index contributed by atoms with van der Waals surface area (Å²) in [5.74, 6) is -2.19. The molecule has 98 heavy (non-hydrogen) atoms. The quantitative estimate of drug-likeness (QED) is 0.0169. The van der Waals surface area contributed by atoms with E-state index in [2.05, 4.69) is 88.5 Å². The van der Waals surface area contributed by atoms with Gasteiger partial charge in [-0.25, -0.2) is 9.13 Å². The first-order chi connectivity index (χ1) is 47.7. The second-order valence-electron chi connectivity index (χ2n) is 26.6. The molecule has 0 saturated carbocycles. The molecular formula is C79H144O17P2. The third-order valence-corrected chi connectivity index (χ3v) is 18.8. The van der Waals surface area contributed by atoms with Crippen LogP contribution in [0.5, 0.6) is 0 Å². The molecular weight excluding hydrogens is 1280 g/mol. The van der Waals surface area contributed by atoms with E-state index in [1.807, 2.05) is 0 Å². The molecule has 0 radical (unpaired) electrons. The SMILES string of the molecule is CCCCC/C=C\C/C=C\CCCCCCCC(=O)OC[C@H](COP(=O)(O)OC[C@@H](O)COP(=O)(O)OC[C@@H](COC(=O)CCCCCCC/C=C\CCCCCC)OC(=O)CCCCCCC/C=C\CCCCCCCC)OC(=O)CCCCCCC/C=C\CCCCCCCC. The fourth-order valence-corrected chi connectivity index (χ4v) is 12.4. The molecule has 17 nitrogen and oxygen atoms in total. The van der Waals surface area contributed by atoms with Crippen molar-refractivity contribution in [2.45, 2.75) is 380 Å². The van der Waals surface area contributed by atoms with Crippen LogP contribution in [0.15, 0.2) is 60.8 Å². The van der Waals surface area contributed by atoms with Crippen LogP contribution in [-0.4, -0.2) is 96.7 Å². The minimum atomic E-state index is -4.97. The minimum absolute atomic E-state index is 0.0854. The number of carbonyl (C=O) groups excluding carboxylic acids is 4. The lowest BCUT2D eigenvalue weighted by atomic mass is 10.1. The van der Waals surface area contributed by atoms with E-state index in [0.29, 0.717) is 25.7 Å². The first-order valence-corrected chi connectivity index (χ1v) is 42.5. The summed E-state index contributed by atoms with van der Waals surface area (Å²) in [6.45, 7) is 4.84. The molecule has 3 N–H and O–H groups in total. The largest absolute Gasteiger partial charge is 0.472 e. The summed E-state index contributed by atoms with van der Waals surface area (Å²) in [4.78, 5) is 72.9. The molecule has 0 fully saturated rings. The van der Waals surface area contributed by atoms with Gasteiger partial charge in [-0.15, -0.1) is 0 Å². The smallest absolute Gasteiger partial charge is 0.462 e. The molecule has 2 unspecified atom stereocenters. The first-order valence-electron chi connectivity index (χ1n) is 39.5. The van der Waals surface area contributed by atoms with E-state index in [1.165, 1.54) is 122 Å². The second kappa shape index (κ2) is 72.1. The highest BCUT2D eigenvalue weighted by Gasteiger charge is 2.30. The Morgan fingerprint density at radius 2 is 0.500 bits per heavy atom. The maximum atomic E-state index is 13.1. The fourth-order valence-electron chi connectivity index (χ4n) is 10.8. The zero-order chi connectivity index (χ0) is 71.8. The molecule has 0 saturated heterocycles. The first kappa shape index (κ1) is 94.8. The van der Waals surface area contributed by atoms with E-state index in [-0.39, 0.29) is 25.7 Å². The maximum Gasteiger partial charge on any atom is 0.472 e. The van der Waals surface area contributed by atoms with Crippen LogP contribution in [0.25, 0.3) is 0 Å². The molecule has 0 spiro atoms. The lowest BCUT2D eigenvalue weighted by molar-refractivity contribution is -0.161. The Morgan fingerprint density at radius 3 is 0.796 bits per heavy atom. The van der Waals surface area contributed by atoms with Crippen molar-refractivity contribution < 1.29 is 80.2 Å². The molecule has 0 aliphatic heterocycles. The topological polar surface area (TPSA) is 237 Å². The summed E-state index contributed by atoms with van der Waals surface area (Å²) < 4.78 is 68.5. The van der Waals surface area contributed by atoms with Gasteiger partial charge in [0.05, 0.1) is 26.4 Å². The molecule has 19 heteroatoms. The predicted octanol–water partition coefficient (Wildman–Crippen LogP) is 22.7. The molecule has 0 aliphatic rings. The third-order valence-electron chi connectivity index (χ3n) is 16.9. The molecule has 5 atom stereocenters. The number of allylic oxidation sites excluding steroid dienone is 10. The third kappa shape index (κ3) is 71.2. The van der Waals surface area contributed by atoms with Crippen LogP contribution in [0.1, 0.15) is 362 Å². The van der Waals surface area contributed by atoms with Gasteiger partial charge in [-0.1, -0.05) is 262 Å². The minimum Gasteiger partial charge on any atom is -0.462 e. The molecule has 0 aromatic heterocycles. The van der Waals surface area contributed by atoms with Crippen LogP contribution < -0.4 is 0 Å². The van der Waals surface area contributed by atoms with Gasteiger partial charge in [-0.05, 0) is 135 Å². The van der Waals surface area contributed by atoms with E-state index in [9.17, 15) is 43.2 Å². The zero-order valence-electron chi connectivity index (χ0n) is 62.5. The van der Waals surface area contributed by atoms with Gasteiger partial charge in [-0.2, -0.15) is 0 Å². The maximum absolute atomic E-state index is 13.1. The molecule has 0 aromatic carbocycles. The number of hydrogen-bond acceptors (Lipinski definition) is 15. The zero-order valence-corrected chi connectivity index (χ0v) is 64.3. The van der Waals surface area contributed by atoms with Gasteiger partial charge in [0.25, 0.3) is 0 Å². The van der Waals surface area contributed by atoms with Gasteiger partial charge in [0, 0.05) is 25.7 Å². The van der Waals surface area contributed by atoms with E-state index in [4.69, 9.17) is 37.0 Å². The second-order valence-corrected chi connectivity index (χ2v) is 29.5. The van der Waals surface area contributed by atoms with Gasteiger partial charge >= 0.3 is 39.5 Å². The Labute approximate surface area is 597 Å². The van der Waals surface area contributed by atoms with Crippen molar-refractivity contribution in [2.24, 2.45) is 0 Å². The highest BCUT2D eigenvalue weighted by molar-refractivity contribution is 7.47. The number of aliphatic hydroxyl groups is 1. The van der Waals surface area contributed by atoms with E-state index in [1.54, 1.807) is 0 Å². The van der Waals surface area contributed by atoms with Crippen LogP contribution in [-0.2, 0) is 65.4 Å². The number of esters is 4.